The molecule has 0 spiro atoms. The average Bonchev–Trinajstić information content (AvgIpc) is 3.34. The minimum absolute atomic E-state index is 0.132. The van der Waals surface area contributed by atoms with E-state index in [1.165, 1.54) is 24.3 Å². The maximum absolute atomic E-state index is 12.7. The standard InChI is InChI=1S/C21H18ClN3O6S/c22-16-6-4-13(25(29)30)10-15(16)17-7-5-14(31-17)11-18-20(27)24(21(28)32-18)12-19(26)23-8-2-1-3-9-23/h4-7,10-11H,1-3,8-9,12H2/b18-11+. The smallest absolute Gasteiger partial charge is 0.294 e. The number of nitrogens with zero attached hydrogens (tertiary/aromatic N) is 3. The number of thioether (sulfide) groups is 1. The van der Waals surface area contributed by atoms with Crippen LogP contribution in [0.15, 0.2) is 39.7 Å². The third kappa shape index (κ3) is 4.56. The highest BCUT2D eigenvalue weighted by molar-refractivity contribution is 8.18. The molecule has 3 amide bonds. The molecule has 0 N–H and O–H groups in total. The first-order valence-corrected chi connectivity index (χ1v) is 11.1. The van der Waals surface area contributed by atoms with Gasteiger partial charge in [0, 0.05) is 36.9 Å². The molecule has 32 heavy (non-hydrogen) atoms. The summed E-state index contributed by atoms with van der Waals surface area (Å²) in [5.74, 6) is -0.245. The summed E-state index contributed by atoms with van der Waals surface area (Å²) in [6.45, 7) is 0.995. The number of hydrogen-bond acceptors (Lipinski definition) is 7. The highest BCUT2D eigenvalue weighted by Crippen LogP contribution is 2.35. The van der Waals surface area contributed by atoms with Crippen molar-refractivity contribution in [2.24, 2.45) is 0 Å². The molecule has 0 radical (unpaired) electrons. The molecule has 0 aliphatic carbocycles. The van der Waals surface area contributed by atoms with Gasteiger partial charge in [0.15, 0.2) is 0 Å². The minimum Gasteiger partial charge on any atom is -0.457 e. The topological polar surface area (TPSA) is 114 Å². The van der Waals surface area contributed by atoms with E-state index < -0.39 is 16.1 Å². The molecule has 2 aliphatic rings. The molecular weight excluding hydrogens is 458 g/mol. The van der Waals surface area contributed by atoms with Gasteiger partial charge in [-0.15, -0.1) is 0 Å². The Bertz CT molecular complexity index is 1140. The molecule has 1 aromatic carbocycles. The first-order valence-electron chi connectivity index (χ1n) is 9.91. The fourth-order valence-corrected chi connectivity index (χ4v) is 4.56. The number of likely N-dealkylation sites (tertiary alicyclic amines) is 1. The van der Waals surface area contributed by atoms with Crippen LogP contribution in [0.1, 0.15) is 25.0 Å². The van der Waals surface area contributed by atoms with Crippen LogP contribution in [0.5, 0.6) is 0 Å². The fourth-order valence-electron chi connectivity index (χ4n) is 3.53. The van der Waals surface area contributed by atoms with Crippen molar-refractivity contribution >= 4 is 52.2 Å². The monoisotopic (exact) mass is 475 g/mol. The lowest BCUT2D eigenvalue weighted by Crippen LogP contribution is -2.44. The van der Waals surface area contributed by atoms with Gasteiger partial charge in [-0.1, -0.05) is 11.6 Å². The first kappa shape index (κ1) is 22.1. The van der Waals surface area contributed by atoms with E-state index in [0.717, 1.165) is 35.9 Å². The quantitative estimate of drug-likeness (QED) is 0.354. The molecule has 9 nitrogen and oxygen atoms in total. The molecule has 4 rings (SSSR count). The normalized spacial score (nSPS) is 18.0. The molecule has 3 heterocycles. The van der Waals surface area contributed by atoms with E-state index in [1.54, 1.807) is 17.0 Å². The maximum atomic E-state index is 12.7. The van der Waals surface area contributed by atoms with Crippen molar-refractivity contribution in [2.75, 3.05) is 19.6 Å². The molecule has 0 saturated carbocycles. The Morgan fingerprint density at radius 1 is 1.19 bits per heavy atom. The van der Waals surface area contributed by atoms with Crippen LogP contribution in [-0.2, 0) is 9.59 Å². The fraction of sp³-hybridized carbons (Fsp3) is 0.286. The Balaban J connectivity index is 1.50. The number of benzene rings is 1. The van der Waals surface area contributed by atoms with Crippen molar-refractivity contribution in [2.45, 2.75) is 19.3 Å². The van der Waals surface area contributed by atoms with E-state index in [1.807, 2.05) is 0 Å². The van der Waals surface area contributed by atoms with Crippen LogP contribution < -0.4 is 0 Å². The zero-order chi connectivity index (χ0) is 22.8. The molecule has 2 saturated heterocycles. The minimum atomic E-state index is -0.559. The van der Waals surface area contributed by atoms with Crippen LogP contribution in [-0.4, -0.2) is 51.4 Å². The SMILES string of the molecule is O=C(CN1C(=O)S/C(=C/c2ccc(-c3cc([N+](=O)[O-])ccc3Cl)o2)C1=O)N1CCCCC1. The number of piperidine rings is 1. The highest BCUT2D eigenvalue weighted by atomic mass is 35.5. The Kier molecular flexibility index (Phi) is 6.33. The summed E-state index contributed by atoms with van der Waals surface area (Å²) in [5.41, 5.74) is 0.197. The Labute approximate surface area is 192 Å². The molecule has 0 atom stereocenters. The van der Waals surface area contributed by atoms with Gasteiger partial charge in [0.25, 0.3) is 16.8 Å². The van der Waals surface area contributed by atoms with Crippen molar-refractivity contribution in [3.63, 3.8) is 0 Å². The van der Waals surface area contributed by atoms with Gasteiger partial charge in [-0.2, -0.15) is 0 Å². The van der Waals surface area contributed by atoms with Gasteiger partial charge in [-0.25, -0.2) is 0 Å². The molecule has 2 aliphatic heterocycles. The number of nitro groups is 1. The summed E-state index contributed by atoms with van der Waals surface area (Å²) in [4.78, 5) is 50.7. The molecule has 1 aromatic heterocycles. The average molecular weight is 476 g/mol. The van der Waals surface area contributed by atoms with Gasteiger partial charge in [-0.3, -0.25) is 29.4 Å². The second-order valence-corrected chi connectivity index (χ2v) is 8.73. The number of carbonyl (C=O) groups excluding carboxylic acids is 3. The van der Waals surface area contributed by atoms with E-state index in [0.29, 0.717) is 18.7 Å². The molecule has 2 fully saturated rings. The van der Waals surface area contributed by atoms with E-state index in [-0.39, 0.29) is 39.6 Å². The Hall–Kier alpha value is -3.11. The zero-order valence-corrected chi connectivity index (χ0v) is 18.4. The summed E-state index contributed by atoms with van der Waals surface area (Å²) < 4.78 is 5.69. The molecule has 0 unspecified atom stereocenters. The largest absolute Gasteiger partial charge is 0.457 e. The van der Waals surface area contributed by atoms with Crippen molar-refractivity contribution in [3.05, 3.63) is 56.1 Å². The van der Waals surface area contributed by atoms with Gasteiger partial charge in [0.2, 0.25) is 5.91 Å². The van der Waals surface area contributed by atoms with Gasteiger partial charge >= 0.3 is 0 Å². The van der Waals surface area contributed by atoms with E-state index in [4.69, 9.17) is 16.0 Å². The van der Waals surface area contributed by atoms with Gasteiger partial charge < -0.3 is 9.32 Å². The summed E-state index contributed by atoms with van der Waals surface area (Å²) in [6, 6.07) is 7.13. The van der Waals surface area contributed by atoms with E-state index in [9.17, 15) is 24.5 Å². The number of hydrogen-bond donors (Lipinski definition) is 0. The number of rotatable bonds is 5. The second-order valence-electron chi connectivity index (χ2n) is 7.33. The highest BCUT2D eigenvalue weighted by Gasteiger charge is 2.37. The summed E-state index contributed by atoms with van der Waals surface area (Å²) in [6.07, 6.45) is 4.32. The third-order valence-electron chi connectivity index (χ3n) is 5.20. The summed E-state index contributed by atoms with van der Waals surface area (Å²) >= 11 is 6.88. The summed E-state index contributed by atoms with van der Waals surface area (Å²) in [7, 11) is 0. The number of amides is 3. The van der Waals surface area contributed by atoms with Crippen molar-refractivity contribution in [1.82, 2.24) is 9.80 Å². The number of non-ortho nitro benzene ring substituents is 1. The number of nitro benzene ring substituents is 1. The molecular formula is C21H18ClN3O6S. The predicted octanol–water partition coefficient (Wildman–Crippen LogP) is 4.56. The van der Waals surface area contributed by atoms with Crippen LogP contribution in [0.3, 0.4) is 0 Å². The molecule has 0 bridgehead atoms. The van der Waals surface area contributed by atoms with E-state index in [2.05, 4.69) is 0 Å². The lowest BCUT2D eigenvalue weighted by Gasteiger charge is -2.27. The number of imide groups is 1. The predicted molar refractivity (Wildman–Crippen MR) is 119 cm³/mol. The van der Waals surface area contributed by atoms with Crippen LogP contribution in [0.4, 0.5) is 10.5 Å². The second kappa shape index (κ2) is 9.17. The van der Waals surface area contributed by atoms with Crippen molar-refractivity contribution < 1.29 is 23.7 Å². The molecule has 166 valence electrons. The first-order chi connectivity index (χ1) is 15.3. The number of furan rings is 1. The van der Waals surface area contributed by atoms with Crippen molar-refractivity contribution in [1.29, 1.82) is 0 Å². The molecule has 2 aromatic rings. The third-order valence-corrected chi connectivity index (χ3v) is 6.44. The number of halogens is 1. The Morgan fingerprint density at radius 3 is 2.66 bits per heavy atom. The lowest BCUT2D eigenvalue weighted by atomic mass is 10.1. The van der Waals surface area contributed by atoms with Crippen LogP contribution >= 0.6 is 23.4 Å². The van der Waals surface area contributed by atoms with Crippen molar-refractivity contribution in [3.8, 4) is 11.3 Å². The number of carbonyl (C=O) groups is 3. The Morgan fingerprint density at radius 2 is 1.94 bits per heavy atom. The van der Waals surface area contributed by atoms with Crippen LogP contribution in [0.2, 0.25) is 5.02 Å². The zero-order valence-electron chi connectivity index (χ0n) is 16.8. The van der Waals surface area contributed by atoms with Gasteiger partial charge in [-0.05, 0) is 49.2 Å². The molecule has 11 heteroatoms. The van der Waals surface area contributed by atoms with Gasteiger partial charge in [0.05, 0.1) is 14.9 Å². The van der Waals surface area contributed by atoms with Gasteiger partial charge in [0.1, 0.15) is 18.1 Å². The van der Waals surface area contributed by atoms with Crippen LogP contribution in [0, 0.1) is 10.1 Å². The van der Waals surface area contributed by atoms with Crippen LogP contribution in [0.25, 0.3) is 17.4 Å². The van der Waals surface area contributed by atoms with E-state index >= 15 is 0 Å². The lowest BCUT2D eigenvalue weighted by molar-refractivity contribution is -0.384. The maximum Gasteiger partial charge on any atom is 0.294 e. The summed E-state index contributed by atoms with van der Waals surface area (Å²) in [5, 5.41) is 10.8.